The lowest BCUT2D eigenvalue weighted by molar-refractivity contribution is 0.587. The third kappa shape index (κ3) is 2.23. The van der Waals surface area contributed by atoms with Gasteiger partial charge in [0.15, 0.2) is 15.0 Å². The minimum absolute atomic E-state index is 0.189. The molecular formula is C8H14N2O2S2. The molecule has 6 heteroatoms. The summed E-state index contributed by atoms with van der Waals surface area (Å²) in [6.07, 6.45) is 1.61. The van der Waals surface area contributed by atoms with Gasteiger partial charge in [0.25, 0.3) is 0 Å². The van der Waals surface area contributed by atoms with Crippen molar-refractivity contribution in [3.63, 3.8) is 0 Å². The Bertz CT molecular complexity index is 337. The van der Waals surface area contributed by atoms with Crippen molar-refractivity contribution in [1.82, 2.24) is 5.32 Å². The van der Waals surface area contributed by atoms with Gasteiger partial charge in [-0.2, -0.15) is 0 Å². The standard InChI is InChI=1S/C8H14N2O2S2/c11-14(12)5-1-2-7(14)6-10-8-9-3-4-13-8/h7H,1-6H2,(H,9,10). The molecule has 0 bridgehead atoms. The fourth-order valence-corrected chi connectivity index (χ4v) is 4.24. The molecule has 1 saturated heterocycles. The number of thioether (sulfide) groups is 1. The lowest BCUT2D eigenvalue weighted by Gasteiger charge is -2.10. The van der Waals surface area contributed by atoms with Crippen LogP contribution in [0.4, 0.5) is 0 Å². The van der Waals surface area contributed by atoms with Crippen molar-refractivity contribution < 1.29 is 8.42 Å². The fraction of sp³-hybridized carbons (Fsp3) is 0.875. The Morgan fingerprint density at radius 1 is 1.57 bits per heavy atom. The fourth-order valence-electron chi connectivity index (χ4n) is 1.73. The molecule has 0 aromatic rings. The minimum atomic E-state index is -2.81. The molecule has 0 radical (unpaired) electrons. The molecule has 1 fully saturated rings. The number of nitrogens with zero attached hydrogens (tertiary/aromatic N) is 1. The van der Waals surface area contributed by atoms with E-state index < -0.39 is 9.84 Å². The van der Waals surface area contributed by atoms with Crippen LogP contribution in [0.25, 0.3) is 0 Å². The van der Waals surface area contributed by atoms with Crippen LogP contribution in [-0.4, -0.2) is 43.4 Å². The molecular weight excluding hydrogens is 220 g/mol. The van der Waals surface area contributed by atoms with E-state index >= 15 is 0 Å². The van der Waals surface area contributed by atoms with Crippen LogP contribution in [0.3, 0.4) is 0 Å². The van der Waals surface area contributed by atoms with Crippen LogP contribution >= 0.6 is 11.8 Å². The largest absolute Gasteiger partial charge is 0.364 e. The highest BCUT2D eigenvalue weighted by Crippen LogP contribution is 2.19. The van der Waals surface area contributed by atoms with Crippen LogP contribution < -0.4 is 5.32 Å². The second kappa shape index (κ2) is 4.10. The van der Waals surface area contributed by atoms with Crippen molar-refractivity contribution in [3.8, 4) is 0 Å². The lowest BCUT2D eigenvalue weighted by Crippen LogP contribution is -2.32. The summed E-state index contributed by atoms with van der Waals surface area (Å²) in [6, 6.07) is 0. The number of sulfone groups is 1. The van der Waals surface area contributed by atoms with Gasteiger partial charge < -0.3 is 5.32 Å². The summed E-state index contributed by atoms with van der Waals surface area (Å²) in [4.78, 5) is 4.22. The topological polar surface area (TPSA) is 58.5 Å². The summed E-state index contributed by atoms with van der Waals surface area (Å²) in [5.41, 5.74) is 0. The maximum atomic E-state index is 11.5. The molecule has 1 atom stereocenters. The van der Waals surface area contributed by atoms with E-state index in [9.17, 15) is 8.42 Å². The molecule has 0 aliphatic carbocycles. The van der Waals surface area contributed by atoms with E-state index in [-0.39, 0.29) is 5.25 Å². The molecule has 2 aliphatic rings. The predicted octanol–water partition coefficient (Wildman–Crippen LogP) is 0.256. The van der Waals surface area contributed by atoms with Crippen molar-refractivity contribution >= 4 is 26.8 Å². The first-order valence-electron chi connectivity index (χ1n) is 4.81. The van der Waals surface area contributed by atoms with E-state index in [0.29, 0.717) is 12.3 Å². The Morgan fingerprint density at radius 3 is 3.00 bits per heavy atom. The third-order valence-electron chi connectivity index (χ3n) is 2.53. The zero-order chi connectivity index (χ0) is 10.0. The molecule has 1 unspecified atom stereocenters. The maximum absolute atomic E-state index is 11.5. The Morgan fingerprint density at radius 2 is 2.43 bits per heavy atom. The molecule has 0 saturated carbocycles. The number of aliphatic imine (C=N–C) groups is 1. The highest BCUT2D eigenvalue weighted by molar-refractivity contribution is 8.14. The Kier molecular flexibility index (Phi) is 3.02. The smallest absolute Gasteiger partial charge is 0.156 e. The van der Waals surface area contributed by atoms with Crippen LogP contribution in [-0.2, 0) is 9.84 Å². The summed E-state index contributed by atoms with van der Waals surface area (Å²) in [7, 11) is -2.81. The Balaban J connectivity index is 1.86. The number of nitrogens with one attached hydrogen (secondary N) is 1. The highest BCUT2D eigenvalue weighted by atomic mass is 32.2. The van der Waals surface area contributed by atoms with Gasteiger partial charge in [-0.3, -0.25) is 4.99 Å². The molecule has 0 aromatic heterocycles. The van der Waals surface area contributed by atoms with Gasteiger partial charge in [-0.1, -0.05) is 11.8 Å². The molecule has 0 aromatic carbocycles. The van der Waals surface area contributed by atoms with Gasteiger partial charge in [0.05, 0.1) is 17.5 Å². The molecule has 2 rings (SSSR count). The summed E-state index contributed by atoms with van der Waals surface area (Å²) in [5, 5.41) is 3.83. The van der Waals surface area contributed by atoms with E-state index in [1.807, 2.05) is 0 Å². The Hall–Kier alpha value is -0.230. The molecule has 0 amide bonds. The van der Waals surface area contributed by atoms with Gasteiger partial charge in [-0.25, -0.2) is 8.42 Å². The van der Waals surface area contributed by atoms with Gasteiger partial charge in [0.1, 0.15) is 0 Å². The lowest BCUT2D eigenvalue weighted by atomic mass is 10.2. The average molecular weight is 234 g/mol. The maximum Gasteiger partial charge on any atom is 0.156 e. The number of rotatable bonds is 2. The first-order chi connectivity index (χ1) is 6.68. The van der Waals surface area contributed by atoms with Gasteiger partial charge >= 0.3 is 0 Å². The number of hydrogen-bond acceptors (Lipinski definition) is 5. The van der Waals surface area contributed by atoms with Gasteiger partial charge in [-0.15, -0.1) is 0 Å². The first-order valence-corrected chi connectivity index (χ1v) is 7.51. The second-order valence-electron chi connectivity index (χ2n) is 3.55. The van der Waals surface area contributed by atoms with Crippen LogP contribution in [0.15, 0.2) is 4.99 Å². The minimum Gasteiger partial charge on any atom is -0.364 e. The van der Waals surface area contributed by atoms with E-state index in [2.05, 4.69) is 10.3 Å². The van der Waals surface area contributed by atoms with Crippen LogP contribution in [0, 0.1) is 0 Å². The van der Waals surface area contributed by atoms with Gasteiger partial charge in [-0.05, 0) is 12.8 Å². The molecule has 14 heavy (non-hydrogen) atoms. The molecule has 4 nitrogen and oxygen atoms in total. The van der Waals surface area contributed by atoms with Gasteiger partial charge in [0, 0.05) is 12.3 Å². The third-order valence-corrected chi connectivity index (χ3v) is 5.74. The SMILES string of the molecule is O=S1(=O)CCCC1CNC1=NCCS1. The van der Waals surface area contributed by atoms with Crippen molar-refractivity contribution in [1.29, 1.82) is 0 Å². The van der Waals surface area contributed by atoms with Crippen molar-refractivity contribution in [3.05, 3.63) is 0 Å². The molecule has 0 spiro atoms. The highest BCUT2D eigenvalue weighted by Gasteiger charge is 2.31. The summed E-state index contributed by atoms with van der Waals surface area (Å²) in [5.74, 6) is 1.37. The van der Waals surface area contributed by atoms with Gasteiger partial charge in [0.2, 0.25) is 0 Å². The van der Waals surface area contributed by atoms with Crippen molar-refractivity contribution in [2.45, 2.75) is 18.1 Å². The summed E-state index contributed by atoms with van der Waals surface area (Å²) >= 11 is 1.67. The number of amidine groups is 1. The van der Waals surface area contributed by atoms with E-state index in [1.54, 1.807) is 11.8 Å². The predicted molar refractivity (Wildman–Crippen MR) is 59.6 cm³/mol. The Labute approximate surface area is 88.5 Å². The van der Waals surface area contributed by atoms with E-state index in [1.165, 1.54) is 0 Å². The first kappa shape index (κ1) is 10.3. The average Bonchev–Trinajstić information content (AvgIpc) is 2.71. The summed E-state index contributed by atoms with van der Waals surface area (Å²) < 4.78 is 23.0. The van der Waals surface area contributed by atoms with Crippen molar-refractivity contribution in [2.75, 3.05) is 24.6 Å². The summed E-state index contributed by atoms with van der Waals surface area (Å²) in [6.45, 7) is 1.39. The van der Waals surface area contributed by atoms with Crippen LogP contribution in [0.2, 0.25) is 0 Å². The molecule has 80 valence electrons. The van der Waals surface area contributed by atoms with Crippen LogP contribution in [0.1, 0.15) is 12.8 Å². The quantitative estimate of drug-likeness (QED) is 0.744. The number of hydrogen-bond donors (Lipinski definition) is 1. The zero-order valence-corrected chi connectivity index (χ0v) is 9.53. The molecule has 2 heterocycles. The normalized spacial score (nSPS) is 30.3. The second-order valence-corrected chi connectivity index (χ2v) is 7.03. The zero-order valence-electron chi connectivity index (χ0n) is 7.90. The molecule has 2 aliphatic heterocycles. The van der Waals surface area contributed by atoms with E-state index in [4.69, 9.17) is 0 Å². The monoisotopic (exact) mass is 234 g/mol. The molecule has 1 N–H and O–H groups in total. The van der Waals surface area contributed by atoms with Crippen LogP contribution in [0.5, 0.6) is 0 Å². The van der Waals surface area contributed by atoms with E-state index in [0.717, 1.165) is 30.3 Å². The van der Waals surface area contributed by atoms with Crippen molar-refractivity contribution in [2.24, 2.45) is 4.99 Å².